The van der Waals surface area contributed by atoms with Crippen LogP contribution in [0.15, 0.2) is 126 Å². The molecule has 18 nitrogen and oxygen atoms in total. The van der Waals surface area contributed by atoms with Gasteiger partial charge in [0.1, 0.15) is 36.1 Å². The smallest absolute Gasteiger partial charge is 0.338 e. The number of fused-ring (bicyclic) bond motifs is 5. The van der Waals surface area contributed by atoms with Crippen LogP contribution in [0.5, 0.6) is 0 Å². The van der Waals surface area contributed by atoms with Gasteiger partial charge in [-0.25, -0.2) is 9.59 Å². The number of Topliss-reactive ketones (excluding diaryl/α,β-unsaturated/α-hetero) is 2. The van der Waals surface area contributed by atoms with E-state index in [-0.39, 0.29) is 47.6 Å². The first-order valence-corrected chi connectivity index (χ1v) is 25.9. The second-order valence-electron chi connectivity index (χ2n) is 21.6. The number of ketones is 2. The fourth-order valence-corrected chi connectivity index (χ4v) is 12.5. The number of aliphatic hydroxyl groups is 3. The fourth-order valence-electron chi connectivity index (χ4n) is 12.5. The fraction of sp³-hybridized carbons (Fsp3) is 0.441. The van der Waals surface area contributed by atoms with Crippen LogP contribution in [-0.2, 0) is 42.9 Å². The number of nitrogens with one attached hydrogen (secondary N) is 1. The van der Waals surface area contributed by atoms with Crippen LogP contribution in [0.2, 0.25) is 0 Å². The third kappa shape index (κ3) is 9.97. The van der Waals surface area contributed by atoms with Crippen LogP contribution in [0.4, 0.5) is 5.69 Å². The molecule has 77 heavy (non-hydrogen) atoms. The van der Waals surface area contributed by atoms with Gasteiger partial charge in [-0.2, -0.15) is 0 Å². The van der Waals surface area contributed by atoms with E-state index >= 15 is 4.79 Å². The van der Waals surface area contributed by atoms with Gasteiger partial charge in [-0.05, 0) is 86.0 Å². The van der Waals surface area contributed by atoms with Crippen molar-refractivity contribution in [3.8, 4) is 0 Å². The number of carbonyl (C=O) groups excluding carboxylic acids is 7. The Hall–Kier alpha value is -7.09. The Morgan fingerprint density at radius 3 is 1.95 bits per heavy atom. The number of rotatable bonds is 14. The van der Waals surface area contributed by atoms with Gasteiger partial charge >= 0.3 is 23.9 Å². The maximum absolute atomic E-state index is 15.9. The highest BCUT2D eigenvalue weighted by Gasteiger charge is 2.79. The molecule has 2 heterocycles. The molecule has 9 rings (SSSR count). The molecule has 1 amide bonds. The number of esters is 4. The Labute approximate surface area is 446 Å². The number of piperazine rings is 1. The molecule has 11 atom stereocenters. The maximum atomic E-state index is 15.9. The Morgan fingerprint density at radius 2 is 1.38 bits per heavy atom. The zero-order valence-corrected chi connectivity index (χ0v) is 43.9. The zero-order chi connectivity index (χ0) is 55.2. The first kappa shape index (κ1) is 54.7. The third-order valence-corrected chi connectivity index (χ3v) is 16.8. The summed E-state index contributed by atoms with van der Waals surface area (Å²) in [6.07, 6.45) is -10.8. The Kier molecular flexibility index (Phi) is 15.2. The Balaban J connectivity index is 1.09. The van der Waals surface area contributed by atoms with E-state index < -0.39 is 113 Å². The molecule has 4 aromatic rings. The summed E-state index contributed by atoms with van der Waals surface area (Å²) in [6.45, 7) is 10.2. The molecule has 4 aromatic carbocycles. The average Bonchev–Trinajstić information content (AvgIpc) is 3.61. The molecule has 4 N–H and O–H groups in total. The quantitative estimate of drug-likeness (QED) is 0.0577. The number of anilines is 1. The van der Waals surface area contributed by atoms with Crippen molar-refractivity contribution in [3.63, 3.8) is 0 Å². The van der Waals surface area contributed by atoms with Gasteiger partial charge in [0, 0.05) is 68.2 Å². The van der Waals surface area contributed by atoms with Gasteiger partial charge < -0.3 is 49.2 Å². The number of ether oxygens (including phenoxy) is 5. The molecule has 2 saturated heterocycles. The van der Waals surface area contributed by atoms with E-state index in [0.717, 1.165) is 12.6 Å². The Morgan fingerprint density at radius 1 is 0.779 bits per heavy atom. The average molecular weight is 1060 g/mol. The zero-order valence-electron chi connectivity index (χ0n) is 43.9. The lowest BCUT2D eigenvalue weighted by molar-refractivity contribution is -0.346. The maximum Gasteiger partial charge on any atom is 0.338 e. The number of benzene rings is 4. The van der Waals surface area contributed by atoms with Crippen molar-refractivity contribution in [2.24, 2.45) is 16.7 Å². The van der Waals surface area contributed by atoms with E-state index in [2.05, 4.69) is 10.2 Å². The summed E-state index contributed by atoms with van der Waals surface area (Å²) >= 11 is 0. The highest BCUT2D eigenvalue weighted by Crippen LogP contribution is 2.64. The van der Waals surface area contributed by atoms with Crippen molar-refractivity contribution in [1.29, 1.82) is 0 Å². The van der Waals surface area contributed by atoms with Crippen molar-refractivity contribution < 1.29 is 72.6 Å². The van der Waals surface area contributed by atoms with Crippen LogP contribution in [0.25, 0.3) is 0 Å². The lowest BCUT2D eigenvalue weighted by atomic mass is 9.44. The minimum atomic E-state index is -2.44. The normalized spacial score (nSPS) is 29.4. The van der Waals surface area contributed by atoms with Gasteiger partial charge in [0.2, 0.25) is 0 Å². The molecule has 0 radical (unpaired) electrons. The summed E-state index contributed by atoms with van der Waals surface area (Å²) < 4.78 is 31.5. The van der Waals surface area contributed by atoms with E-state index in [1.165, 1.54) is 32.9 Å². The third-order valence-electron chi connectivity index (χ3n) is 16.8. The number of hydrogen-bond acceptors (Lipinski definition) is 17. The molecule has 0 unspecified atom stereocenters. The number of aliphatic hydroxyl groups excluding tert-OH is 2. The summed E-state index contributed by atoms with van der Waals surface area (Å²) in [6, 6.07) is 30.3. The second kappa shape index (κ2) is 21.4. The molecule has 0 spiro atoms. The molecular formula is C59H65N3O15. The van der Waals surface area contributed by atoms with Gasteiger partial charge in [-0.3, -0.25) is 28.9 Å². The molecule has 406 valence electrons. The van der Waals surface area contributed by atoms with Crippen molar-refractivity contribution in [3.05, 3.63) is 149 Å². The number of hydrogen-bond donors (Lipinski definition) is 4. The van der Waals surface area contributed by atoms with Crippen molar-refractivity contribution in [2.75, 3.05) is 44.2 Å². The summed E-state index contributed by atoms with van der Waals surface area (Å²) in [5.74, 6) is -6.88. The topological polar surface area (TPSA) is 245 Å². The van der Waals surface area contributed by atoms with Crippen LogP contribution in [0, 0.1) is 16.7 Å². The van der Waals surface area contributed by atoms with Crippen LogP contribution < -0.4 is 10.2 Å². The molecule has 2 saturated carbocycles. The largest absolute Gasteiger partial charge is 0.460 e. The predicted molar refractivity (Wildman–Crippen MR) is 277 cm³/mol. The Bertz CT molecular complexity index is 2940. The van der Waals surface area contributed by atoms with Gasteiger partial charge in [-0.15, -0.1) is 0 Å². The van der Waals surface area contributed by atoms with E-state index in [0.29, 0.717) is 37.3 Å². The lowest BCUT2D eigenvalue weighted by Crippen LogP contribution is -2.82. The molecule has 2 bridgehead atoms. The summed E-state index contributed by atoms with van der Waals surface area (Å²) in [7, 11) is 0. The predicted octanol–water partition coefficient (Wildman–Crippen LogP) is 4.74. The van der Waals surface area contributed by atoms with Crippen molar-refractivity contribution in [2.45, 2.75) is 108 Å². The first-order chi connectivity index (χ1) is 36.6. The van der Waals surface area contributed by atoms with Crippen LogP contribution >= 0.6 is 0 Å². The van der Waals surface area contributed by atoms with E-state index in [1.807, 2.05) is 17.0 Å². The highest BCUT2D eigenvalue weighted by molar-refractivity contribution is 5.96. The lowest BCUT2D eigenvalue weighted by Gasteiger charge is -2.67. The minimum Gasteiger partial charge on any atom is -0.460 e. The van der Waals surface area contributed by atoms with Gasteiger partial charge in [0.15, 0.2) is 23.3 Å². The summed E-state index contributed by atoms with van der Waals surface area (Å²) in [5.41, 5.74) is -5.87. The first-order valence-electron chi connectivity index (χ1n) is 25.9. The number of amides is 1. The van der Waals surface area contributed by atoms with Crippen LogP contribution in [-0.4, -0.2) is 149 Å². The molecule has 5 aliphatic rings. The molecule has 18 heteroatoms. The highest BCUT2D eigenvalue weighted by atomic mass is 16.6. The SMILES string of the molecule is CC(=O)O[C@@]12CO[C@@H]1C[C@H](OC(=O)CN1CCN(c3ccc(C(C)=O)cc3)CC1)[C@@]1(C)C(=O)[C@H](O)C3=C(C)[C@@H](OC(=O)[C@H](O)[C@@H](NC(=O)c4ccccc4)c4ccccc4)C[C@@](O)([C@@H](OC(=O)c4ccccc4)[C@H]21)C3(C)C. The number of nitrogens with zero attached hydrogens (tertiary/aromatic N) is 2. The minimum absolute atomic E-state index is 0.0424. The molecule has 2 aliphatic heterocycles. The van der Waals surface area contributed by atoms with Gasteiger partial charge in [0.05, 0.1) is 36.1 Å². The molecule has 3 aliphatic carbocycles. The summed E-state index contributed by atoms with van der Waals surface area (Å²) in [4.78, 5) is 102. The van der Waals surface area contributed by atoms with E-state index in [1.54, 1.807) is 105 Å². The molecule has 0 aromatic heterocycles. The monoisotopic (exact) mass is 1060 g/mol. The van der Waals surface area contributed by atoms with Crippen LogP contribution in [0.3, 0.4) is 0 Å². The van der Waals surface area contributed by atoms with Crippen LogP contribution in [0.1, 0.15) is 97.1 Å². The van der Waals surface area contributed by atoms with Gasteiger partial charge in [-0.1, -0.05) is 80.6 Å². The molecular weight excluding hydrogens is 991 g/mol. The van der Waals surface area contributed by atoms with Gasteiger partial charge in [0.25, 0.3) is 5.91 Å². The second-order valence-corrected chi connectivity index (χ2v) is 21.6. The van der Waals surface area contributed by atoms with Crippen molar-refractivity contribution in [1.82, 2.24) is 10.2 Å². The summed E-state index contributed by atoms with van der Waals surface area (Å²) in [5, 5.41) is 41.4. The van der Waals surface area contributed by atoms with E-state index in [9.17, 15) is 44.1 Å². The molecule has 4 fully saturated rings. The van der Waals surface area contributed by atoms with Crippen molar-refractivity contribution >= 4 is 47.0 Å². The number of carbonyl (C=O) groups is 7. The van der Waals surface area contributed by atoms with E-state index in [4.69, 9.17) is 23.7 Å². The standard InChI is InChI=1S/C59H65N3O15/c1-34-42(74-55(71)49(67)47(38-16-10-7-11-17-38)60-53(69)39-18-12-8-13-19-39)31-59(72)52(76-54(70)40-20-14-9-15-21-40)50-57(6,51(68)48(66)46(34)56(59,4)5)43(30-44-58(50,33-73-44)77-36(3)64)75-45(65)32-61-26-28-62(29-27-61)41-24-22-37(23-25-41)35(2)63/h7-25,42-44,47-50,52,66-67,72H,26-33H2,1-6H3,(H,60,69)/t42-,43-,44+,47-,48+,49+,50-,52-,57+,58-,59+/m0/s1.